The summed E-state index contributed by atoms with van der Waals surface area (Å²) < 4.78 is 0. The Kier molecular flexibility index (Phi) is 11.8. The van der Waals surface area contributed by atoms with Crippen molar-refractivity contribution in [1.29, 1.82) is 0 Å². The predicted octanol–water partition coefficient (Wildman–Crippen LogP) is 0.541. The van der Waals surface area contributed by atoms with Crippen LogP contribution in [0.2, 0.25) is 0 Å². The van der Waals surface area contributed by atoms with E-state index < -0.39 is 18.0 Å². The lowest BCUT2D eigenvalue weighted by molar-refractivity contribution is -0.138. The van der Waals surface area contributed by atoms with Crippen LogP contribution in [0.1, 0.15) is 44.9 Å². The summed E-state index contributed by atoms with van der Waals surface area (Å²) in [6.07, 6.45) is 2.51. The molecule has 0 aliphatic heterocycles. The fourth-order valence-corrected chi connectivity index (χ4v) is 2.08. The summed E-state index contributed by atoms with van der Waals surface area (Å²) in [6, 6.07) is 0. The maximum Gasteiger partial charge on any atom is 0.303 e. The van der Waals surface area contributed by atoms with E-state index in [-0.39, 0.29) is 19.4 Å². The Morgan fingerprint density at radius 2 is 1.43 bits per heavy atom. The molecule has 0 rings (SSSR count). The molecule has 0 saturated carbocycles. The molecule has 124 valence electrons. The van der Waals surface area contributed by atoms with Crippen molar-refractivity contribution < 1.29 is 30.0 Å². The molecule has 0 aromatic heterocycles. The predicted molar refractivity (Wildman–Crippen MR) is 77.1 cm³/mol. The summed E-state index contributed by atoms with van der Waals surface area (Å²) in [7, 11) is 0. The van der Waals surface area contributed by atoms with Crippen molar-refractivity contribution in [3.8, 4) is 0 Å². The topological polar surface area (TPSA) is 118 Å². The van der Waals surface area contributed by atoms with Gasteiger partial charge in [-0.1, -0.05) is 0 Å². The standard InChI is InChI=1S/C14H27NO6/c16-10-2-1-5-12(17)11-15(8-3-6-13(18)19)9-4-7-14(20)21/h12,16-17H,1-11H2,(H,18,19)(H,20,21). The van der Waals surface area contributed by atoms with Crippen molar-refractivity contribution in [1.82, 2.24) is 4.90 Å². The molecule has 0 fully saturated rings. The molecule has 7 nitrogen and oxygen atoms in total. The number of aliphatic hydroxyl groups excluding tert-OH is 2. The Morgan fingerprint density at radius 1 is 0.905 bits per heavy atom. The number of rotatable bonds is 14. The second-order valence-electron chi connectivity index (χ2n) is 5.17. The number of carbonyl (C=O) groups is 2. The molecular weight excluding hydrogens is 278 g/mol. The highest BCUT2D eigenvalue weighted by molar-refractivity contribution is 5.66. The molecular formula is C14H27NO6. The van der Waals surface area contributed by atoms with Crippen LogP contribution >= 0.6 is 0 Å². The van der Waals surface area contributed by atoms with E-state index in [4.69, 9.17) is 15.3 Å². The van der Waals surface area contributed by atoms with Gasteiger partial charge >= 0.3 is 11.9 Å². The number of nitrogens with zero attached hydrogens (tertiary/aromatic N) is 1. The summed E-state index contributed by atoms with van der Waals surface area (Å²) in [5.41, 5.74) is 0. The van der Waals surface area contributed by atoms with Gasteiger partial charge in [0, 0.05) is 26.0 Å². The monoisotopic (exact) mass is 305 g/mol. The lowest BCUT2D eigenvalue weighted by Crippen LogP contribution is -2.34. The van der Waals surface area contributed by atoms with Crippen LogP contribution in [-0.4, -0.2) is 69.6 Å². The molecule has 0 heterocycles. The normalized spacial score (nSPS) is 12.5. The zero-order valence-electron chi connectivity index (χ0n) is 12.4. The van der Waals surface area contributed by atoms with Gasteiger partial charge in [0.05, 0.1) is 6.10 Å². The van der Waals surface area contributed by atoms with Crippen molar-refractivity contribution in [3.63, 3.8) is 0 Å². The zero-order chi connectivity index (χ0) is 16.1. The number of carboxylic acid groups (broad SMARTS) is 2. The van der Waals surface area contributed by atoms with Gasteiger partial charge in [0.15, 0.2) is 0 Å². The highest BCUT2D eigenvalue weighted by Gasteiger charge is 2.12. The molecule has 0 spiro atoms. The number of hydrogen-bond acceptors (Lipinski definition) is 5. The third-order valence-corrected chi connectivity index (χ3v) is 3.14. The molecule has 21 heavy (non-hydrogen) atoms. The van der Waals surface area contributed by atoms with Gasteiger partial charge in [0.25, 0.3) is 0 Å². The van der Waals surface area contributed by atoms with Crippen LogP contribution in [-0.2, 0) is 9.59 Å². The number of aliphatic hydroxyl groups is 2. The highest BCUT2D eigenvalue weighted by atomic mass is 16.4. The molecule has 4 N–H and O–H groups in total. The first-order valence-electron chi connectivity index (χ1n) is 7.40. The Labute approximate surface area is 125 Å². The Balaban J connectivity index is 4.08. The average molecular weight is 305 g/mol. The van der Waals surface area contributed by atoms with E-state index in [9.17, 15) is 14.7 Å². The molecule has 0 bridgehead atoms. The van der Waals surface area contributed by atoms with E-state index in [0.29, 0.717) is 45.3 Å². The van der Waals surface area contributed by atoms with E-state index in [1.807, 2.05) is 4.90 Å². The van der Waals surface area contributed by atoms with Crippen LogP contribution in [0.5, 0.6) is 0 Å². The third kappa shape index (κ3) is 13.6. The first-order chi connectivity index (χ1) is 9.95. The van der Waals surface area contributed by atoms with Crippen molar-refractivity contribution in [2.45, 2.75) is 51.0 Å². The van der Waals surface area contributed by atoms with Crippen LogP contribution in [0, 0.1) is 0 Å². The minimum Gasteiger partial charge on any atom is -0.481 e. The average Bonchev–Trinajstić information content (AvgIpc) is 2.37. The molecule has 0 radical (unpaired) electrons. The summed E-state index contributed by atoms with van der Waals surface area (Å²) in [6.45, 7) is 1.57. The van der Waals surface area contributed by atoms with Crippen molar-refractivity contribution >= 4 is 11.9 Å². The molecule has 7 heteroatoms. The van der Waals surface area contributed by atoms with E-state index in [2.05, 4.69) is 0 Å². The lowest BCUT2D eigenvalue weighted by Gasteiger charge is -2.24. The van der Waals surface area contributed by atoms with Crippen LogP contribution in [0.15, 0.2) is 0 Å². The van der Waals surface area contributed by atoms with Gasteiger partial charge in [0.2, 0.25) is 0 Å². The van der Waals surface area contributed by atoms with Gasteiger partial charge in [0.1, 0.15) is 0 Å². The Bertz CT molecular complexity index is 277. The molecule has 0 aromatic carbocycles. The maximum atomic E-state index is 10.5. The van der Waals surface area contributed by atoms with Gasteiger partial charge < -0.3 is 25.3 Å². The summed E-state index contributed by atoms with van der Waals surface area (Å²) >= 11 is 0. The minimum atomic E-state index is -0.857. The molecule has 0 aromatic rings. The van der Waals surface area contributed by atoms with E-state index in [0.717, 1.165) is 6.42 Å². The fourth-order valence-electron chi connectivity index (χ4n) is 2.08. The van der Waals surface area contributed by atoms with Gasteiger partial charge in [-0.3, -0.25) is 9.59 Å². The molecule has 0 aliphatic rings. The minimum absolute atomic E-state index is 0.0655. The second kappa shape index (κ2) is 12.6. The number of carboxylic acids is 2. The van der Waals surface area contributed by atoms with Crippen LogP contribution in [0.3, 0.4) is 0 Å². The summed E-state index contributed by atoms with van der Waals surface area (Å²) in [5.74, 6) is -1.71. The molecule has 1 unspecified atom stereocenters. The first-order valence-corrected chi connectivity index (χ1v) is 7.40. The number of hydrogen-bond donors (Lipinski definition) is 4. The second-order valence-corrected chi connectivity index (χ2v) is 5.17. The van der Waals surface area contributed by atoms with E-state index in [1.54, 1.807) is 0 Å². The van der Waals surface area contributed by atoms with Crippen LogP contribution in [0.25, 0.3) is 0 Å². The van der Waals surface area contributed by atoms with Gasteiger partial charge in [-0.05, 0) is 45.2 Å². The number of unbranched alkanes of at least 4 members (excludes halogenated alkanes) is 1. The third-order valence-electron chi connectivity index (χ3n) is 3.14. The molecule has 0 amide bonds. The maximum absolute atomic E-state index is 10.5. The summed E-state index contributed by atoms with van der Waals surface area (Å²) in [4.78, 5) is 22.9. The zero-order valence-corrected chi connectivity index (χ0v) is 12.4. The van der Waals surface area contributed by atoms with Crippen molar-refractivity contribution in [3.05, 3.63) is 0 Å². The Morgan fingerprint density at radius 3 is 1.86 bits per heavy atom. The number of aliphatic carboxylic acids is 2. The van der Waals surface area contributed by atoms with Gasteiger partial charge in [-0.2, -0.15) is 0 Å². The van der Waals surface area contributed by atoms with Crippen molar-refractivity contribution in [2.24, 2.45) is 0 Å². The smallest absolute Gasteiger partial charge is 0.303 e. The lowest BCUT2D eigenvalue weighted by atomic mass is 10.1. The van der Waals surface area contributed by atoms with Gasteiger partial charge in [-0.25, -0.2) is 0 Å². The first kappa shape index (κ1) is 19.8. The summed E-state index contributed by atoms with van der Waals surface area (Å²) in [5, 5.41) is 35.9. The molecule has 0 saturated heterocycles. The Hall–Kier alpha value is -1.18. The van der Waals surface area contributed by atoms with E-state index >= 15 is 0 Å². The van der Waals surface area contributed by atoms with Crippen LogP contribution < -0.4 is 0 Å². The SMILES string of the molecule is O=C(O)CCCN(CCCC(=O)O)CC(O)CCCCO. The van der Waals surface area contributed by atoms with Gasteiger partial charge in [-0.15, -0.1) is 0 Å². The molecule has 1 atom stereocenters. The highest BCUT2D eigenvalue weighted by Crippen LogP contribution is 2.06. The quantitative estimate of drug-likeness (QED) is 0.346. The molecule has 0 aliphatic carbocycles. The fraction of sp³-hybridized carbons (Fsp3) is 0.857. The van der Waals surface area contributed by atoms with Crippen LogP contribution in [0.4, 0.5) is 0 Å². The van der Waals surface area contributed by atoms with E-state index in [1.165, 1.54) is 0 Å². The van der Waals surface area contributed by atoms with Crippen molar-refractivity contribution in [2.75, 3.05) is 26.2 Å². The largest absolute Gasteiger partial charge is 0.481 e.